The predicted molar refractivity (Wildman–Crippen MR) is 87.3 cm³/mol. The molecule has 104 valence electrons. The summed E-state index contributed by atoms with van der Waals surface area (Å²) in [6.07, 6.45) is 0.576. The van der Waals surface area contributed by atoms with E-state index in [2.05, 4.69) is 37.9 Å². The largest absolute Gasteiger partial charge is 0.272 e. The van der Waals surface area contributed by atoms with Crippen molar-refractivity contribution in [2.75, 3.05) is 0 Å². The lowest BCUT2D eigenvalue weighted by molar-refractivity contribution is -0.385. The summed E-state index contributed by atoms with van der Waals surface area (Å²) in [5.41, 5.74) is 3.16. The normalized spacial score (nSPS) is 12.2. The van der Waals surface area contributed by atoms with E-state index >= 15 is 0 Å². The van der Waals surface area contributed by atoms with Gasteiger partial charge in [0.2, 0.25) is 0 Å². The van der Waals surface area contributed by atoms with E-state index < -0.39 is 0 Å². The Hall–Kier alpha value is -1.20. The molecule has 0 aromatic heterocycles. The zero-order chi connectivity index (χ0) is 14.7. The minimum atomic E-state index is -0.332. The Kier molecular flexibility index (Phi) is 4.94. The number of halogens is 2. The van der Waals surface area contributed by atoms with Crippen LogP contribution in [-0.2, 0) is 6.42 Å². The zero-order valence-electron chi connectivity index (χ0n) is 10.8. The van der Waals surface area contributed by atoms with Crippen molar-refractivity contribution in [3.63, 3.8) is 0 Å². The molecule has 0 bridgehead atoms. The molecule has 0 aliphatic rings. The van der Waals surface area contributed by atoms with Crippen LogP contribution >= 0.6 is 31.9 Å². The van der Waals surface area contributed by atoms with E-state index in [1.165, 1.54) is 0 Å². The molecular weight excluding hydrogens is 386 g/mol. The quantitative estimate of drug-likeness (QED) is 0.396. The topological polar surface area (TPSA) is 43.1 Å². The van der Waals surface area contributed by atoms with Crippen LogP contribution in [0.2, 0.25) is 0 Å². The second-order valence-corrected chi connectivity index (χ2v) is 6.64. The summed E-state index contributed by atoms with van der Waals surface area (Å²) in [7, 11) is 0. The smallest absolute Gasteiger partial charge is 0.258 e. The van der Waals surface area contributed by atoms with Gasteiger partial charge < -0.3 is 0 Å². The number of alkyl halides is 1. The lowest BCUT2D eigenvalue weighted by Crippen LogP contribution is -2.00. The molecule has 2 aromatic carbocycles. The SMILES string of the molecule is Cc1cc(Br)cc(C(Br)Cc2ccccc2[N+](=O)[O-])c1. The van der Waals surface area contributed by atoms with Crippen LogP contribution in [0.1, 0.15) is 21.5 Å². The Bertz CT molecular complexity index is 623. The molecule has 1 atom stereocenters. The van der Waals surface area contributed by atoms with Crippen LogP contribution < -0.4 is 0 Å². The third-order valence-electron chi connectivity index (χ3n) is 3.01. The molecule has 0 heterocycles. The van der Waals surface area contributed by atoms with Gasteiger partial charge in [-0.3, -0.25) is 10.1 Å². The van der Waals surface area contributed by atoms with Crippen LogP contribution in [0.4, 0.5) is 5.69 Å². The maximum Gasteiger partial charge on any atom is 0.272 e. The van der Waals surface area contributed by atoms with Crippen molar-refractivity contribution in [1.82, 2.24) is 0 Å². The van der Waals surface area contributed by atoms with Crippen molar-refractivity contribution in [1.29, 1.82) is 0 Å². The highest BCUT2D eigenvalue weighted by Crippen LogP contribution is 2.32. The van der Waals surface area contributed by atoms with Gasteiger partial charge in [-0.25, -0.2) is 0 Å². The highest BCUT2D eigenvalue weighted by atomic mass is 79.9. The monoisotopic (exact) mass is 397 g/mol. The van der Waals surface area contributed by atoms with E-state index in [0.717, 1.165) is 21.2 Å². The summed E-state index contributed by atoms with van der Waals surface area (Å²) >= 11 is 7.11. The fourth-order valence-electron chi connectivity index (χ4n) is 2.12. The average Bonchev–Trinajstić information content (AvgIpc) is 2.37. The summed E-state index contributed by atoms with van der Waals surface area (Å²) in [4.78, 5) is 10.7. The molecule has 1 unspecified atom stereocenters. The van der Waals surface area contributed by atoms with Crippen LogP contribution in [-0.4, -0.2) is 4.92 Å². The molecule has 0 aliphatic heterocycles. The number of para-hydroxylation sites is 1. The second-order valence-electron chi connectivity index (χ2n) is 4.62. The molecule has 0 saturated heterocycles. The predicted octanol–water partition coefficient (Wildman–Crippen LogP) is 5.34. The van der Waals surface area contributed by atoms with Crippen molar-refractivity contribution in [2.45, 2.75) is 18.2 Å². The summed E-state index contributed by atoms with van der Waals surface area (Å²) < 4.78 is 1.01. The van der Waals surface area contributed by atoms with Gasteiger partial charge >= 0.3 is 0 Å². The first-order valence-electron chi connectivity index (χ1n) is 6.11. The van der Waals surface area contributed by atoms with Gasteiger partial charge in [0.1, 0.15) is 0 Å². The Morgan fingerprint density at radius 2 is 1.95 bits per heavy atom. The number of nitro benzene ring substituents is 1. The highest BCUT2D eigenvalue weighted by molar-refractivity contribution is 9.10. The number of hydrogen-bond acceptors (Lipinski definition) is 2. The van der Waals surface area contributed by atoms with Gasteiger partial charge in [0.25, 0.3) is 5.69 Å². The first-order chi connectivity index (χ1) is 9.47. The van der Waals surface area contributed by atoms with Gasteiger partial charge in [-0.05, 0) is 36.6 Å². The molecule has 3 nitrogen and oxygen atoms in total. The second kappa shape index (κ2) is 6.50. The Balaban J connectivity index is 2.28. The molecule has 5 heteroatoms. The summed E-state index contributed by atoms with van der Waals surface area (Å²) in [6, 6.07) is 13.0. The molecule has 0 radical (unpaired) electrons. The first-order valence-corrected chi connectivity index (χ1v) is 7.81. The number of aryl methyl sites for hydroxylation is 1. The van der Waals surface area contributed by atoms with Gasteiger partial charge in [-0.2, -0.15) is 0 Å². The van der Waals surface area contributed by atoms with Gasteiger partial charge in [0.15, 0.2) is 0 Å². The van der Waals surface area contributed by atoms with Gasteiger partial charge in [-0.15, -0.1) is 0 Å². The molecule has 2 aromatic rings. The minimum Gasteiger partial charge on any atom is -0.258 e. The van der Waals surface area contributed by atoms with E-state index in [4.69, 9.17) is 0 Å². The molecule has 0 amide bonds. The molecule has 0 aliphatic carbocycles. The van der Waals surface area contributed by atoms with Crippen LogP contribution in [0.15, 0.2) is 46.9 Å². The van der Waals surface area contributed by atoms with Crippen molar-refractivity contribution in [3.05, 3.63) is 73.7 Å². The molecule has 2 rings (SSSR count). The maximum absolute atomic E-state index is 11.0. The van der Waals surface area contributed by atoms with Crippen LogP contribution in [0, 0.1) is 17.0 Å². The van der Waals surface area contributed by atoms with Gasteiger partial charge in [0, 0.05) is 20.9 Å². The van der Waals surface area contributed by atoms with Gasteiger partial charge in [0.05, 0.1) is 4.92 Å². The highest BCUT2D eigenvalue weighted by Gasteiger charge is 2.17. The third kappa shape index (κ3) is 3.67. The number of hydrogen-bond donors (Lipinski definition) is 0. The summed E-state index contributed by atoms with van der Waals surface area (Å²) in [5, 5.41) is 11.0. The lowest BCUT2D eigenvalue weighted by atomic mass is 10.0. The van der Waals surface area contributed by atoms with E-state index in [9.17, 15) is 10.1 Å². The minimum absolute atomic E-state index is 0.0415. The Morgan fingerprint density at radius 1 is 1.25 bits per heavy atom. The molecular formula is C15H13Br2NO2. The first kappa shape index (κ1) is 15.2. The average molecular weight is 399 g/mol. The number of rotatable bonds is 4. The molecule has 20 heavy (non-hydrogen) atoms. The third-order valence-corrected chi connectivity index (χ3v) is 4.32. The zero-order valence-corrected chi connectivity index (χ0v) is 14.0. The number of nitro groups is 1. The fraction of sp³-hybridized carbons (Fsp3) is 0.200. The fourth-order valence-corrected chi connectivity index (χ4v) is 3.36. The molecule has 0 fully saturated rings. The summed E-state index contributed by atoms with van der Waals surface area (Å²) in [6.45, 7) is 2.03. The maximum atomic E-state index is 11.0. The van der Waals surface area contributed by atoms with Crippen LogP contribution in [0.5, 0.6) is 0 Å². The van der Waals surface area contributed by atoms with E-state index in [1.54, 1.807) is 18.2 Å². The lowest BCUT2D eigenvalue weighted by Gasteiger charge is -2.12. The van der Waals surface area contributed by atoms with E-state index in [-0.39, 0.29) is 15.4 Å². The number of benzene rings is 2. The van der Waals surface area contributed by atoms with E-state index in [0.29, 0.717) is 6.42 Å². The van der Waals surface area contributed by atoms with Crippen LogP contribution in [0.3, 0.4) is 0 Å². The molecule has 0 saturated carbocycles. The van der Waals surface area contributed by atoms with Crippen molar-refractivity contribution >= 4 is 37.5 Å². The van der Waals surface area contributed by atoms with Crippen molar-refractivity contribution in [3.8, 4) is 0 Å². The molecule has 0 spiro atoms. The van der Waals surface area contributed by atoms with Gasteiger partial charge in [-0.1, -0.05) is 56.1 Å². The Labute approximate surface area is 134 Å². The van der Waals surface area contributed by atoms with E-state index in [1.807, 2.05) is 25.1 Å². The summed E-state index contributed by atoms with van der Waals surface area (Å²) in [5.74, 6) is 0. The van der Waals surface area contributed by atoms with Crippen molar-refractivity contribution < 1.29 is 4.92 Å². The Morgan fingerprint density at radius 3 is 2.60 bits per heavy atom. The standard InChI is InChI=1S/C15H13Br2NO2/c1-10-6-12(8-13(16)7-10)14(17)9-11-4-2-3-5-15(11)18(19)20/h2-8,14H,9H2,1H3. The molecule has 0 N–H and O–H groups in total. The van der Waals surface area contributed by atoms with Crippen LogP contribution in [0.25, 0.3) is 0 Å². The van der Waals surface area contributed by atoms with Crippen molar-refractivity contribution in [2.24, 2.45) is 0 Å². The number of nitrogens with zero attached hydrogens (tertiary/aromatic N) is 1.